The van der Waals surface area contributed by atoms with Crippen molar-refractivity contribution >= 4 is 17.5 Å². The summed E-state index contributed by atoms with van der Waals surface area (Å²) in [5.41, 5.74) is 7.67. The fourth-order valence-electron chi connectivity index (χ4n) is 2.41. The number of nitrogens with two attached hydrogens (primary N) is 1. The van der Waals surface area contributed by atoms with E-state index in [1.165, 1.54) is 0 Å². The molecule has 0 bridgehead atoms. The number of rotatable bonds is 3. The van der Waals surface area contributed by atoms with Crippen molar-refractivity contribution in [2.24, 2.45) is 5.73 Å². The first-order chi connectivity index (χ1) is 8.72. The zero-order valence-corrected chi connectivity index (χ0v) is 10.1. The maximum atomic E-state index is 11.5. The van der Waals surface area contributed by atoms with Crippen LogP contribution in [0.3, 0.4) is 0 Å². The minimum Gasteiger partial charge on any atom is -0.447 e. The third kappa shape index (κ3) is 2.13. The van der Waals surface area contributed by atoms with Crippen molar-refractivity contribution in [2.75, 3.05) is 23.4 Å². The highest BCUT2D eigenvalue weighted by molar-refractivity contribution is 5.89. The number of ether oxygens (including phenoxy) is 1. The summed E-state index contributed by atoms with van der Waals surface area (Å²) in [6.07, 6.45) is 1.75. The maximum Gasteiger partial charge on any atom is 0.414 e. The molecule has 0 atom stereocenters. The van der Waals surface area contributed by atoms with Crippen LogP contribution in [0.1, 0.15) is 12.8 Å². The van der Waals surface area contributed by atoms with Gasteiger partial charge in [-0.15, -0.1) is 0 Å². The van der Waals surface area contributed by atoms with E-state index >= 15 is 0 Å². The lowest BCUT2D eigenvalue weighted by Gasteiger charge is -2.34. The molecule has 1 heterocycles. The molecular weight excluding hydrogens is 230 g/mol. The number of hydrogen-bond acceptors (Lipinski definition) is 4. The summed E-state index contributed by atoms with van der Waals surface area (Å²) in [5, 5.41) is 3.43. The first-order valence-corrected chi connectivity index (χ1v) is 6.29. The number of nitrogens with one attached hydrogen (secondary N) is 1. The highest BCUT2D eigenvalue weighted by Gasteiger charge is 2.26. The van der Waals surface area contributed by atoms with E-state index in [0.29, 0.717) is 25.2 Å². The normalized spacial score (nSPS) is 26.7. The molecule has 96 valence electrons. The largest absolute Gasteiger partial charge is 0.447 e. The summed E-state index contributed by atoms with van der Waals surface area (Å²) in [4.78, 5) is 13.1. The summed E-state index contributed by atoms with van der Waals surface area (Å²) >= 11 is 0. The molecule has 0 unspecified atom stereocenters. The molecule has 3 N–H and O–H groups in total. The molecule has 0 aromatic heterocycles. The van der Waals surface area contributed by atoms with Crippen LogP contribution in [0.5, 0.6) is 0 Å². The number of hydrogen-bond donors (Lipinski definition) is 2. The van der Waals surface area contributed by atoms with Crippen molar-refractivity contribution in [2.45, 2.75) is 24.9 Å². The predicted molar refractivity (Wildman–Crippen MR) is 69.8 cm³/mol. The number of benzene rings is 1. The van der Waals surface area contributed by atoms with Crippen LogP contribution in [0, 0.1) is 0 Å². The molecule has 1 aromatic rings. The van der Waals surface area contributed by atoms with E-state index in [-0.39, 0.29) is 6.09 Å². The number of carbonyl (C=O) groups excluding carboxylic acids is 1. The number of carbonyl (C=O) groups is 1. The predicted octanol–water partition coefficient (Wildman–Crippen LogP) is 1.54. The number of anilines is 2. The quantitative estimate of drug-likeness (QED) is 0.850. The topological polar surface area (TPSA) is 67.6 Å². The van der Waals surface area contributed by atoms with Gasteiger partial charge >= 0.3 is 6.09 Å². The van der Waals surface area contributed by atoms with E-state index in [9.17, 15) is 4.79 Å². The summed E-state index contributed by atoms with van der Waals surface area (Å²) < 4.78 is 4.94. The third-order valence-electron chi connectivity index (χ3n) is 3.46. The second-order valence-corrected chi connectivity index (χ2v) is 4.89. The monoisotopic (exact) mass is 247 g/mol. The van der Waals surface area contributed by atoms with Crippen molar-refractivity contribution in [3.05, 3.63) is 24.3 Å². The smallest absolute Gasteiger partial charge is 0.414 e. The van der Waals surface area contributed by atoms with Gasteiger partial charge in [-0.3, -0.25) is 4.90 Å². The van der Waals surface area contributed by atoms with Gasteiger partial charge < -0.3 is 15.8 Å². The van der Waals surface area contributed by atoms with Crippen LogP contribution in [0.15, 0.2) is 24.3 Å². The van der Waals surface area contributed by atoms with Gasteiger partial charge in [0.1, 0.15) is 6.61 Å². The number of cyclic esters (lactones) is 1. The molecule has 5 nitrogen and oxygen atoms in total. The summed E-state index contributed by atoms with van der Waals surface area (Å²) in [5.74, 6) is 0. The van der Waals surface area contributed by atoms with Crippen molar-refractivity contribution in [3.8, 4) is 0 Å². The SMILES string of the molecule is NC1CC(Nc2cccc(N3CCOC3=O)c2)C1. The van der Waals surface area contributed by atoms with Gasteiger partial charge in [-0.25, -0.2) is 4.79 Å². The molecule has 2 fully saturated rings. The first-order valence-electron chi connectivity index (χ1n) is 6.29. The molecule has 1 aliphatic heterocycles. The average Bonchev–Trinajstić information content (AvgIpc) is 2.74. The third-order valence-corrected chi connectivity index (χ3v) is 3.46. The number of amides is 1. The van der Waals surface area contributed by atoms with Gasteiger partial charge in [0, 0.05) is 23.5 Å². The van der Waals surface area contributed by atoms with Gasteiger partial charge in [0.2, 0.25) is 0 Å². The number of nitrogens with zero attached hydrogens (tertiary/aromatic N) is 1. The van der Waals surface area contributed by atoms with Crippen LogP contribution in [0.25, 0.3) is 0 Å². The Kier molecular flexibility index (Phi) is 2.83. The molecule has 1 aliphatic carbocycles. The molecule has 3 rings (SSSR count). The summed E-state index contributed by atoms with van der Waals surface area (Å²) in [7, 11) is 0. The van der Waals surface area contributed by atoms with E-state index in [1.54, 1.807) is 4.90 Å². The maximum absolute atomic E-state index is 11.5. The Hall–Kier alpha value is -1.75. The molecule has 5 heteroatoms. The Bertz CT molecular complexity index is 457. The van der Waals surface area contributed by atoms with Crippen molar-refractivity contribution in [1.82, 2.24) is 0 Å². The first kappa shape index (κ1) is 11.3. The molecule has 0 radical (unpaired) electrons. The van der Waals surface area contributed by atoms with Crippen LogP contribution in [0.4, 0.5) is 16.2 Å². The average molecular weight is 247 g/mol. The second kappa shape index (κ2) is 4.49. The van der Waals surface area contributed by atoms with E-state index in [0.717, 1.165) is 24.2 Å². The van der Waals surface area contributed by atoms with E-state index in [2.05, 4.69) is 5.32 Å². The lowest BCUT2D eigenvalue weighted by Crippen LogP contribution is -2.44. The van der Waals surface area contributed by atoms with Crippen LogP contribution in [-0.4, -0.2) is 31.3 Å². The Morgan fingerprint density at radius 3 is 2.89 bits per heavy atom. The standard InChI is InChI=1S/C13H17N3O2/c14-9-6-11(7-9)15-10-2-1-3-12(8-10)16-4-5-18-13(16)17/h1-3,8-9,11,15H,4-7,14H2. The second-order valence-electron chi connectivity index (χ2n) is 4.89. The molecule has 0 spiro atoms. The lowest BCUT2D eigenvalue weighted by atomic mass is 9.87. The van der Waals surface area contributed by atoms with E-state index < -0.39 is 0 Å². The summed E-state index contributed by atoms with van der Waals surface area (Å²) in [6.45, 7) is 1.09. The Morgan fingerprint density at radius 2 is 2.22 bits per heavy atom. The van der Waals surface area contributed by atoms with Crippen molar-refractivity contribution in [3.63, 3.8) is 0 Å². The van der Waals surface area contributed by atoms with Crippen LogP contribution >= 0.6 is 0 Å². The van der Waals surface area contributed by atoms with E-state index in [4.69, 9.17) is 10.5 Å². The molecule has 1 amide bonds. The highest BCUT2D eigenvalue weighted by atomic mass is 16.6. The zero-order valence-electron chi connectivity index (χ0n) is 10.1. The molecule has 1 saturated carbocycles. The fraction of sp³-hybridized carbons (Fsp3) is 0.462. The highest BCUT2D eigenvalue weighted by Crippen LogP contribution is 2.26. The van der Waals surface area contributed by atoms with Gasteiger partial charge in [0.25, 0.3) is 0 Å². The molecule has 1 saturated heterocycles. The molecule has 18 heavy (non-hydrogen) atoms. The van der Waals surface area contributed by atoms with Gasteiger partial charge in [-0.2, -0.15) is 0 Å². The van der Waals surface area contributed by atoms with Crippen LogP contribution in [-0.2, 0) is 4.74 Å². The lowest BCUT2D eigenvalue weighted by molar-refractivity contribution is 0.181. The molecular formula is C13H17N3O2. The minimum absolute atomic E-state index is 0.266. The van der Waals surface area contributed by atoms with Crippen molar-refractivity contribution < 1.29 is 9.53 Å². The Labute approximate surface area is 106 Å². The van der Waals surface area contributed by atoms with Crippen molar-refractivity contribution in [1.29, 1.82) is 0 Å². The van der Waals surface area contributed by atoms with Gasteiger partial charge in [-0.1, -0.05) is 6.07 Å². The van der Waals surface area contributed by atoms with Crippen LogP contribution in [0.2, 0.25) is 0 Å². The van der Waals surface area contributed by atoms with Gasteiger partial charge in [0.15, 0.2) is 0 Å². The Morgan fingerprint density at radius 1 is 1.39 bits per heavy atom. The van der Waals surface area contributed by atoms with Gasteiger partial charge in [-0.05, 0) is 31.0 Å². The minimum atomic E-state index is -0.266. The Balaban J connectivity index is 1.70. The summed E-state index contributed by atoms with van der Waals surface area (Å²) in [6, 6.07) is 8.65. The van der Waals surface area contributed by atoms with Crippen LogP contribution < -0.4 is 16.0 Å². The van der Waals surface area contributed by atoms with E-state index in [1.807, 2.05) is 24.3 Å². The fourth-order valence-corrected chi connectivity index (χ4v) is 2.41. The van der Waals surface area contributed by atoms with Gasteiger partial charge in [0.05, 0.1) is 6.54 Å². The molecule has 1 aromatic carbocycles. The molecule has 2 aliphatic rings. The zero-order chi connectivity index (χ0) is 12.5.